The van der Waals surface area contributed by atoms with E-state index in [0.29, 0.717) is 0 Å². The molecule has 0 unspecified atom stereocenters. The Hall–Kier alpha value is -2.70. The van der Waals surface area contributed by atoms with Crippen LogP contribution in [-0.4, -0.2) is 11.2 Å². The largest absolute Gasteiger partial charge is 0.394 e. The van der Waals surface area contributed by atoms with Crippen molar-refractivity contribution < 1.29 is 13.2 Å². The van der Waals surface area contributed by atoms with Crippen LogP contribution in [0.5, 0.6) is 0 Å². The molecule has 0 aliphatic carbocycles. The summed E-state index contributed by atoms with van der Waals surface area (Å²) in [7, 11) is 0. The molecule has 0 fully saturated rings. The molecule has 0 saturated heterocycles. The fourth-order valence-electron chi connectivity index (χ4n) is 5.20. The lowest BCUT2D eigenvalue weighted by Gasteiger charge is -2.26. The van der Waals surface area contributed by atoms with Gasteiger partial charge in [-0.1, -0.05) is 72.7 Å². The van der Waals surface area contributed by atoms with Crippen molar-refractivity contribution in [2.45, 2.75) is 72.4 Å². The molecule has 1 nitrogen and oxygen atoms in total. The number of benzene rings is 2. The maximum absolute atomic E-state index is 13.6. The van der Waals surface area contributed by atoms with Crippen LogP contribution in [0, 0.1) is 5.41 Å². The summed E-state index contributed by atoms with van der Waals surface area (Å²) in [6.07, 6.45) is -2.38. The van der Waals surface area contributed by atoms with E-state index in [1.807, 2.05) is 18.3 Å². The monoisotopic (exact) mass is 565 g/mol. The molecule has 3 heterocycles. The minimum Gasteiger partial charge on any atom is -0.255 e. The first-order valence-electron chi connectivity index (χ1n) is 13.3. The number of aromatic nitrogens is 1. The molecule has 3 aromatic heterocycles. The van der Waals surface area contributed by atoms with Crippen LogP contribution >= 0.6 is 22.7 Å². The summed E-state index contributed by atoms with van der Waals surface area (Å²) in [5.41, 5.74) is 2.76. The van der Waals surface area contributed by atoms with Gasteiger partial charge in [0.25, 0.3) is 0 Å². The van der Waals surface area contributed by atoms with Crippen molar-refractivity contribution in [2.24, 2.45) is 5.41 Å². The Kier molecular flexibility index (Phi) is 6.96. The van der Waals surface area contributed by atoms with Gasteiger partial charge >= 0.3 is 6.18 Å². The number of alkyl halides is 3. The molecule has 39 heavy (non-hydrogen) atoms. The molecule has 204 valence electrons. The zero-order valence-electron chi connectivity index (χ0n) is 23.5. The Balaban J connectivity index is 1.68. The van der Waals surface area contributed by atoms with Crippen LogP contribution in [0.25, 0.3) is 41.9 Å². The maximum Gasteiger partial charge on any atom is 0.394 e. The van der Waals surface area contributed by atoms with Crippen molar-refractivity contribution in [3.63, 3.8) is 0 Å². The highest BCUT2D eigenvalue weighted by atomic mass is 32.1. The molecule has 0 spiro atoms. The third kappa shape index (κ3) is 5.14. The number of pyridine rings is 1. The third-order valence-electron chi connectivity index (χ3n) is 7.43. The molecule has 0 aliphatic heterocycles. The molecule has 0 N–H and O–H groups in total. The fourth-order valence-corrected chi connectivity index (χ4v) is 8.03. The van der Waals surface area contributed by atoms with Crippen LogP contribution in [0.3, 0.4) is 0 Å². The quantitative estimate of drug-likeness (QED) is 0.206. The Morgan fingerprint density at radius 1 is 0.846 bits per heavy atom. The summed E-state index contributed by atoms with van der Waals surface area (Å²) in [6, 6.07) is 18.9. The van der Waals surface area contributed by atoms with Gasteiger partial charge in [0, 0.05) is 31.8 Å². The van der Waals surface area contributed by atoms with Crippen molar-refractivity contribution in [1.82, 2.24) is 4.98 Å². The molecule has 0 radical (unpaired) electrons. The van der Waals surface area contributed by atoms with Gasteiger partial charge in [0.05, 0.1) is 15.8 Å². The SMILES string of the molecule is CC(C)c1c(-c2ccc(CC(C)(C)C(F)(F)F)s2)sc2c(-c3cc(C(C)(C)C)c4ccccc4c3)nccc12. The normalized spacial score (nSPS) is 13.2. The standard InChI is InChI=1S/C33H34F3NS2/c1-19(2)27-24-14-15-37-28(21-16-20-10-8-9-11-23(20)25(17-21)31(3,4)5)29(24)39-30(27)26-13-12-22(38-26)18-32(6,7)33(34,35)36/h8-17,19H,18H2,1-7H3. The van der Waals surface area contributed by atoms with Gasteiger partial charge in [-0.2, -0.15) is 13.2 Å². The summed E-state index contributed by atoms with van der Waals surface area (Å²) in [5.74, 6) is 0.253. The Morgan fingerprint density at radius 2 is 1.56 bits per heavy atom. The van der Waals surface area contributed by atoms with Crippen LogP contribution in [0.2, 0.25) is 0 Å². The molecule has 6 heteroatoms. The molecular formula is C33H34F3NS2. The van der Waals surface area contributed by atoms with Crippen LogP contribution in [-0.2, 0) is 11.8 Å². The smallest absolute Gasteiger partial charge is 0.255 e. The van der Waals surface area contributed by atoms with Gasteiger partial charge in [-0.15, -0.1) is 22.7 Å². The van der Waals surface area contributed by atoms with E-state index < -0.39 is 11.6 Å². The van der Waals surface area contributed by atoms with Gasteiger partial charge < -0.3 is 0 Å². The zero-order chi connectivity index (χ0) is 28.3. The number of thiophene rings is 2. The lowest BCUT2D eigenvalue weighted by Crippen LogP contribution is -2.33. The highest BCUT2D eigenvalue weighted by Crippen LogP contribution is 2.49. The second-order valence-corrected chi connectivity index (χ2v) is 14.5. The average molecular weight is 566 g/mol. The van der Waals surface area contributed by atoms with Crippen molar-refractivity contribution in [2.75, 3.05) is 0 Å². The molecule has 5 aromatic rings. The average Bonchev–Trinajstić information content (AvgIpc) is 3.46. The van der Waals surface area contributed by atoms with E-state index in [0.717, 1.165) is 30.6 Å². The van der Waals surface area contributed by atoms with Gasteiger partial charge in [0.15, 0.2) is 0 Å². The Morgan fingerprint density at radius 3 is 2.23 bits per heavy atom. The van der Waals surface area contributed by atoms with E-state index >= 15 is 0 Å². The molecule has 0 aliphatic rings. The van der Waals surface area contributed by atoms with Gasteiger partial charge in [-0.3, -0.25) is 4.98 Å². The Labute approximate surface area is 236 Å². The lowest BCUT2D eigenvalue weighted by molar-refractivity contribution is -0.210. The minimum atomic E-state index is -4.25. The summed E-state index contributed by atoms with van der Waals surface area (Å²) in [6.45, 7) is 13.6. The van der Waals surface area contributed by atoms with Crippen molar-refractivity contribution in [1.29, 1.82) is 0 Å². The van der Waals surface area contributed by atoms with Crippen molar-refractivity contribution in [3.05, 3.63) is 76.8 Å². The molecule has 0 saturated carbocycles. The Bertz CT molecular complexity index is 1660. The zero-order valence-corrected chi connectivity index (χ0v) is 25.1. The van der Waals surface area contributed by atoms with Gasteiger partial charge in [-0.05, 0) is 70.0 Å². The van der Waals surface area contributed by atoms with Crippen molar-refractivity contribution in [3.8, 4) is 21.0 Å². The fraction of sp³-hybridized carbons (Fsp3) is 0.364. The first-order chi connectivity index (χ1) is 18.2. The van der Waals surface area contributed by atoms with E-state index in [1.165, 1.54) is 52.5 Å². The summed E-state index contributed by atoms with van der Waals surface area (Å²) in [4.78, 5) is 7.79. The van der Waals surface area contributed by atoms with E-state index in [-0.39, 0.29) is 17.8 Å². The topological polar surface area (TPSA) is 12.9 Å². The first-order valence-corrected chi connectivity index (χ1v) is 14.9. The maximum atomic E-state index is 13.6. The van der Waals surface area contributed by atoms with Crippen LogP contribution in [0.1, 0.15) is 70.4 Å². The number of nitrogens with zero attached hydrogens (tertiary/aromatic N) is 1. The van der Waals surface area contributed by atoms with Gasteiger partial charge in [0.2, 0.25) is 0 Å². The van der Waals surface area contributed by atoms with Crippen LogP contribution in [0.4, 0.5) is 13.2 Å². The molecule has 0 bridgehead atoms. The lowest BCUT2D eigenvalue weighted by atomic mass is 9.82. The van der Waals surface area contributed by atoms with E-state index in [1.54, 1.807) is 11.3 Å². The number of hydrogen-bond acceptors (Lipinski definition) is 3. The van der Waals surface area contributed by atoms with Crippen LogP contribution < -0.4 is 0 Å². The third-order valence-corrected chi connectivity index (χ3v) is 9.93. The summed E-state index contributed by atoms with van der Waals surface area (Å²) < 4.78 is 41.8. The predicted octanol–water partition coefficient (Wildman–Crippen LogP) is 11.4. The molecule has 5 rings (SSSR count). The minimum absolute atomic E-state index is 0.0252. The second-order valence-electron chi connectivity index (χ2n) is 12.4. The van der Waals surface area contributed by atoms with E-state index in [4.69, 9.17) is 4.98 Å². The summed E-state index contributed by atoms with van der Waals surface area (Å²) in [5, 5.41) is 3.62. The second kappa shape index (κ2) is 9.74. The highest BCUT2D eigenvalue weighted by Gasteiger charge is 2.47. The van der Waals surface area contributed by atoms with E-state index in [9.17, 15) is 13.2 Å². The number of halogens is 3. The molecule has 0 atom stereocenters. The molecule has 0 amide bonds. The van der Waals surface area contributed by atoms with Crippen molar-refractivity contribution >= 4 is 43.5 Å². The first kappa shape index (κ1) is 27.9. The molecule has 2 aromatic carbocycles. The van der Waals surface area contributed by atoms with E-state index in [2.05, 4.69) is 77.1 Å². The number of fused-ring (bicyclic) bond motifs is 2. The van der Waals surface area contributed by atoms with Gasteiger partial charge in [0.1, 0.15) is 0 Å². The number of hydrogen-bond donors (Lipinski definition) is 0. The number of rotatable bonds is 5. The molecular weight excluding hydrogens is 531 g/mol. The van der Waals surface area contributed by atoms with Crippen LogP contribution in [0.15, 0.2) is 60.8 Å². The van der Waals surface area contributed by atoms with Gasteiger partial charge in [-0.25, -0.2) is 0 Å². The summed E-state index contributed by atoms with van der Waals surface area (Å²) >= 11 is 3.18. The predicted molar refractivity (Wildman–Crippen MR) is 162 cm³/mol. The highest BCUT2D eigenvalue weighted by molar-refractivity contribution is 7.26.